The van der Waals surface area contributed by atoms with Crippen molar-refractivity contribution in [2.45, 2.75) is 6.18 Å². The van der Waals surface area contributed by atoms with Crippen molar-refractivity contribution >= 4 is 27.3 Å². The molecule has 1 aromatic carbocycles. The lowest BCUT2D eigenvalue weighted by Gasteiger charge is -2.05. The Balaban J connectivity index is 1.89. The lowest BCUT2D eigenvalue weighted by Crippen LogP contribution is -2.05. The molecule has 20 heavy (non-hydrogen) atoms. The van der Waals surface area contributed by atoms with Crippen LogP contribution in [0.15, 0.2) is 47.1 Å². The van der Waals surface area contributed by atoms with Crippen LogP contribution >= 0.6 is 15.9 Å². The summed E-state index contributed by atoms with van der Waals surface area (Å²) in [5.41, 5.74) is 2.38. The average molecular weight is 341 g/mol. The third-order valence-corrected chi connectivity index (χ3v) is 3.39. The lowest BCUT2D eigenvalue weighted by atomic mass is 10.2. The quantitative estimate of drug-likeness (QED) is 0.884. The second-order valence-electron chi connectivity index (χ2n) is 4.32. The fourth-order valence-corrected chi connectivity index (χ4v) is 2.26. The first kappa shape index (κ1) is 13.2. The first-order valence-electron chi connectivity index (χ1n) is 5.76. The Labute approximate surface area is 121 Å². The van der Waals surface area contributed by atoms with Gasteiger partial charge in [0.15, 0.2) is 0 Å². The fourth-order valence-electron chi connectivity index (χ4n) is 1.86. The summed E-state index contributed by atoms with van der Waals surface area (Å²) in [6.07, 6.45) is -3.51. The standard InChI is InChI=1S/C14H8BrF3N2/c15-10-3-1-2-8(6-10)12-13(20-12)11-5-4-9(7-19-11)14(16,17)18/h1-7,20H. The van der Waals surface area contributed by atoms with Crippen molar-refractivity contribution in [3.63, 3.8) is 0 Å². The Kier molecular flexibility index (Phi) is 3.05. The van der Waals surface area contributed by atoms with E-state index < -0.39 is 11.7 Å². The molecule has 2 aromatic rings. The molecule has 0 radical (unpaired) electrons. The van der Waals surface area contributed by atoms with E-state index in [0.29, 0.717) is 5.69 Å². The molecule has 2 heterocycles. The van der Waals surface area contributed by atoms with Gasteiger partial charge in [0.25, 0.3) is 0 Å². The predicted octanol–water partition coefficient (Wildman–Crippen LogP) is 4.29. The van der Waals surface area contributed by atoms with E-state index in [1.165, 1.54) is 6.07 Å². The molecule has 1 aliphatic rings. The van der Waals surface area contributed by atoms with Crippen LogP contribution in [0.1, 0.15) is 16.8 Å². The lowest BCUT2D eigenvalue weighted by molar-refractivity contribution is -0.137. The molecule has 0 spiro atoms. The SMILES string of the molecule is FC(F)(F)c1ccc(C2=C(c3cccc(Br)c3)N2)nc1. The van der Waals surface area contributed by atoms with E-state index in [0.717, 1.165) is 33.7 Å². The van der Waals surface area contributed by atoms with Crippen molar-refractivity contribution in [2.75, 3.05) is 0 Å². The van der Waals surface area contributed by atoms with Gasteiger partial charge in [-0.05, 0) is 24.3 Å². The van der Waals surface area contributed by atoms with E-state index >= 15 is 0 Å². The number of hydrogen-bond donors (Lipinski definition) is 1. The number of nitrogens with zero attached hydrogens (tertiary/aromatic N) is 1. The summed E-state index contributed by atoms with van der Waals surface area (Å²) < 4.78 is 38.3. The number of benzene rings is 1. The monoisotopic (exact) mass is 340 g/mol. The third-order valence-electron chi connectivity index (χ3n) is 2.90. The molecule has 0 unspecified atom stereocenters. The van der Waals surface area contributed by atoms with Crippen LogP contribution in [0.5, 0.6) is 0 Å². The van der Waals surface area contributed by atoms with Gasteiger partial charge >= 0.3 is 6.18 Å². The van der Waals surface area contributed by atoms with Crippen molar-refractivity contribution in [3.8, 4) is 0 Å². The minimum atomic E-state index is -4.36. The number of pyridine rings is 1. The van der Waals surface area contributed by atoms with E-state index in [1.54, 1.807) is 0 Å². The summed E-state index contributed by atoms with van der Waals surface area (Å²) in [5, 5.41) is 3.06. The summed E-state index contributed by atoms with van der Waals surface area (Å²) in [7, 11) is 0. The van der Waals surface area contributed by atoms with Crippen LogP contribution < -0.4 is 5.32 Å². The van der Waals surface area contributed by atoms with Gasteiger partial charge in [-0.2, -0.15) is 13.2 Å². The molecule has 0 saturated heterocycles. The molecule has 0 amide bonds. The van der Waals surface area contributed by atoms with Crippen molar-refractivity contribution in [1.29, 1.82) is 0 Å². The highest BCUT2D eigenvalue weighted by Crippen LogP contribution is 2.36. The average Bonchev–Trinajstić information content (AvgIpc) is 3.18. The molecule has 1 N–H and O–H groups in total. The number of alkyl halides is 3. The smallest absolute Gasteiger partial charge is 0.350 e. The van der Waals surface area contributed by atoms with Crippen molar-refractivity contribution in [1.82, 2.24) is 10.3 Å². The highest BCUT2D eigenvalue weighted by molar-refractivity contribution is 9.10. The van der Waals surface area contributed by atoms with Crippen LogP contribution in [-0.4, -0.2) is 4.98 Å². The van der Waals surface area contributed by atoms with E-state index in [1.807, 2.05) is 24.3 Å². The van der Waals surface area contributed by atoms with Crippen molar-refractivity contribution in [3.05, 3.63) is 63.9 Å². The number of hydrogen-bond acceptors (Lipinski definition) is 2. The zero-order chi connectivity index (χ0) is 14.3. The van der Waals surface area contributed by atoms with Gasteiger partial charge in [0.05, 0.1) is 22.7 Å². The summed E-state index contributed by atoms with van der Waals surface area (Å²) in [6.45, 7) is 0. The Morgan fingerprint density at radius 3 is 2.45 bits per heavy atom. The Morgan fingerprint density at radius 2 is 1.85 bits per heavy atom. The molecule has 0 atom stereocenters. The van der Waals surface area contributed by atoms with Gasteiger partial charge in [0, 0.05) is 16.2 Å². The Hall–Kier alpha value is -1.82. The predicted molar refractivity (Wildman–Crippen MR) is 73.3 cm³/mol. The van der Waals surface area contributed by atoms with Crippen LogP contribution in [0.4, 0.5) is 13.2 Å². The Morgan fingerprint density at radius 1 is 1.05 bits per heavy atom. The molecule has 3 rings (SSSR count). The van der Waals surface area contributed by atoms with Crippen LogP contribution in [0, 0.1) is 0 Å². The molecule has 0 aliphatic carbocycles. The van der Waals surface area contributed by atoms with Gasteiger partial charge in [0.2, 0.25) is 0 Å². The van der Waals surface area contributed by atoms with E-state index in [2.05, 4.69) is 26.2 Å². The van der Waals surface area contributed by atoms with Crippen molar-refractivity contribution < 1.29 is 13.2 Å². The fraction of sp³-hybridized carbons (Fsp3) is 0.0714. The molecule has 102 valence electrons. The van der Waals surface area contributed by atoms with Gasteiger partial charge < -0.3 is 5.32 Å². The zero-order valence-electron chi connectivity index (χ0n) is 10.0. The molecular weight excluding hydrogens is 333 g/mol. The largest absolute Gasteiger partial charge is 0.417 e. The molecule has 6 heteroatoms. The molecular formula is C14H8BrF3N2. The summed E-state index contributed by atoms with van der Waals surface area (Å²) in [5.74, 6) is 0. The number of halogens is 4. The number of aromatic nitrogens is 1. The van der Waals surface area contributed by atoms with Gasteiger partial charge in [-0.15, -0.1) is 0 Å². The molecule has 1 aliphatic heterocycles. The van der Waals surface area contributed by atoms with E-state index in [9.17, 15) is 13.2 Å². The van der Waals surface area contributed by atoms with Crippen molar-refractivity contribution in [2.24, 2.45) is 0 Å². The molecule has 0 bridgehead atoms. The second kappa shape index (κ2) is 4.63. The zero-order valence-corrected chi connectivity index (χ0v) is 11.6. The van der Waals surface area contributed by atoms with Crippen LogP contribution in [0.3, 0.4) is 0 Å². The number of nitrogens with one attached hydrogen (secondary N) is 1. The third kappa shape index (κ3) is 2.56. The minimum Gasteiger partial charge on any atom is -0.350 e. The topological polar surface area (TPSA) is 34.8 Å². The molecule has 0 saturated carbocycles. The first-order valence-corrected chi connectivity index (χ1v) is 6.55. The first-order chi connectivity index (χ1) is 9.45. The minimum absolute atomic E-state index is 0.507. The maximum atomic E-state index is 12.4. The van der Waals surface area contributed by atoms with E-state index in [4.69, 9.17) is 0 Å². The maximum Gasteiger partial charge on any atom is 0.417 e. The summed E-state index contributed by atoms with van der Waals surface area (Å²) in [6, 6.07) is 10.1. The van der Waals surface area contributed by atoms with Gasteiger partial charge in [-0.25, -0.2) is 0 Å². The summed E-state index contributed by atoms with van der Waals surface area (Å²) in [4.78, 5) is 3.85. The van der Waals surface area contributed by atoms with Gasteiger partial charge in [-0.1, -0.05) is 28.1 Å². The number of rotatable bonds is 2. The Bertz CT molecular complexity index is 690. The molecule has 0 fully saturated rings. The van der Waals surface area contributed by atoms with Crippen LogP contribution in [0.25, 0.3) is 11.4 Å². The van der Waals surface area contributed by atoms with Crippen LogP contribution in [0.2, 0.25) is 0 Å². The second-order valence-corrected chi connectivity index (χ2v) is 5.23. The van der Waals surface area contributed by atoms with Gasteiger partial charge in [0.1, 0.15) is 0 Å². The van der Waals surface area contributed by atoms with Crippen LogP contribution in [-0.2, 0) is 6.18 Å². The highest BCUT2D eigenvalue weighted by Gasteiger charge is 2.32. The van der Waals surface area contributed by atoms with Gasteiger partial charge in [-0.3, -0.25) is 4.98 Å². The summed E-state index contributed by atoms with van der Waals surface area (Å²) >= 11 is 3.37. The maximum absolute atomic E-state index is 12.4. The normalized spacial score (nSPS) is 14.2. The highest BCUT2D eigenvalue weighted by atomic mass is 79.9. The molecule has 2 nitrogen and oxygen atoms in total. The molecule has 1 aromatic heterocycles. The van der Waals surface area contributed by atoms with E-state index in [-0.39, 0.29) is 0 Å².